The smallest absolute Gasteiger partial charge is 0.0600 e. The summed E-state index contributed by atoms with van der Waals surface area (Å²) < 4.78 is 0. The van der Waals surface area contributed by atoms with Crippen LogP contribution in [0.4, 0.5) is 0 Å². The van der Waals surface area contributed by atoms with Crippen molar-refractivity contribution in [3.8, 4) is 0 Å². The van der Waals surface area contributed by atoms with Gasteiger partial charge in [-0.3, -0.25) is 0 Å². The van der Waals surface area contributed by atoms with Crippen LogP contribution in [0.3, 0.4) is 0 Å². The first-order valence-corrected chi connectivity index (χ1v) is 6.28. The molecule has 0 radical (unpaired) electrons. The van der Waals surface area contributed by atoms with Crippen LogP contribution in [0.1, 0.15) is 48.3 Å². The number of halogens is 2. The summed E-state index contributed by atoms with van der Waals surface area (Å²) in [4.78, 5) is 0. The van der Waals surface area contributed by atoms with E-state index in [0.29, 0.717) is 0 Å². The molecule has 0 aliphatic heterocycles. The molecule has 0 aliphatic carbocycles. The number of rotatable bonds is 4. The third kappa shape index (κ3) is 3.39. The highest BCUT2D eigenvalue weighted by Gasteiger charge is 2.12. The van der Waals surface area contributed by atoms with Crippen molar-refractivity contribution < 1.29 is 0 Å². The molecule has 2 heteroatoms. The number of benzene rings is 1. The molecule has 0 fully saturated rings. The van der Waals surface area contributed by atoms with Crippen molar-refractivity contribution in [3.63, 3.8) is 0 Å². The number of hydrogen-bond acceptors (Lipinski definition) is 0. The molecule has 1 atom stereocenters. The zero-order chi connectivity index (χ0) is 11.4. The minimum absolute atomic E-state index is 0.0525. The molecule has 1 unspecified atom stereocenters. The van der Waals surface area contributed by atoms with E-state index >= 15 is 0 Å². The summed E-state index contributed by atoms with van der Waals surface area (Å²) >= 11 is 12.5. The average molecular weight is 245 g/mol. The molecular weight excluding hydrogens is 227 g/mol. The lowest BCUT2D eigenvalue weighted by Gasteiger charge is -2.13. The Morgan fingerprint density at radius 1 is 1.20 bits per heavy atom. The first-order valence-electron chi connectivity index (χ1n) is 5.47. The second-order valence-electron chi connectivity index (χ2n) is 4.07. The molecule has 0 heterocycles. The van der Waals surface area contributed by atoms with E-state index in [9.17, 15) is 0 Å². The van der Waals surface area contributed by atoms with E-state index in [1.165, 1.54) is 17.5 Å². The normalized spacial score (nSPS) is 12.9. The molecule has 0 aliphatic rings. The second kappa shape index (κ2) is 5.77. The van der Waals surface area contributed by atoms with Crippen LogP contribution in [0.2, 0.25) is 5.02 Å². The Bertz CT molecular complexity index is 332. The van der Waals surface area contributed by atoms with Crippen LogP contribution in [0.5, 0.6) is 0 Å². The van der Waals surface area contributed by atoms with Gasteiger partial charge in [-0.05, 0) is 43.0 Å². The van der Waals surface area contributed by atoms with Crippen LogP contribution in [0.25, 0.3) is 0 Å². The van der Waals surface area contributed by atoms with Gasteiger partial charge in [0.15, 0.2) is 0 Å². The van der Waals surface area contributed by atoms with Crippen LogP contribution < -0.4 is 0 Å². The van der Waals surface area contributed by atoms with Crippen molar-refractivity contribution in [1.29, 1.82) is 0 Å². The van der Waals surface area contributed by atoms with Gasteiger partial charge < -0.3 is 0 Å². The van der Waals surface area contributed by atoms with E-state index in [4.69, 9.17) is 23.2 Å². The van der Waals surface area contributed by atoms with Gasteiger partial charge in [-0.25, -0.2) is 0 Å². The predicted molar refractivity (Wildman–Crippen MR) is 69.0 cm³/mol. The SMILES string of the molecule is CCCCC(Cl)c1cc(C)c(C)cc1Cl. The molecule has 0 saturated carbocycles. The molecule has 84 valence electrons. The lowest BCUT2D eigenvalue weighted by atomic mass is 10.0. The summed E-state index contributed by atoms with van der Waals surface area (Å²) in [7, 11) is 0. The molecule has 1 aromatic rings. The maximum Gasteiger partial charge on any atom is 0.0600 e. The Hall–Kier alpha value is -0.200. The maximum absolute atomic E-state index is 6.33. The van der Waals surface area contributed by atoms with Gasteiger partial charge in [-0.15, -0.1) is 11.6 Å². The van der Waals surface area contributed by atoms with Crippen LogP contribution in [0, 0.1) is 13.8 Å². The molecule has 1 aromatic carbocycles. The first-order chi connectivity index (χ1) is 7.06. The van der Waals surface area contributed by atoms with E-state index in [2.05, 4.69) is 26.8 Å². The Morgan fingerprint density at radius 3 is 2.40 bits per heavy atom. The van der Waals surface area contributed by atoms with Gasteiger partial charge in [0.05, 0.1) is 5.38 Å². The molecule has 0 spiro atoms. The lowest BCUT2D eigenvalue weighted by Crippen LogP contribution is -1.94. The number of hydrogen-bond donors (Lipinski definition) is 0. The number of aryl methyl sites for hydroxylation is 2. The molecule has 0 bridgehead atoms. The maximum atomic E-state index is 6.33. The molecular formula is C13H18Cl2. The zero-order valence-corrected chi connectivity index (χ0v) is 11.1. The van der Waals surface area contributed by atoms with Gasteiger partial charge >= 0.3 is 0 Å². The monoisotopic (exact) mass is 244 g/mol. The van der Waals surface area contributed by atoms with E-state index in [0.717, 1.165) is 23.4 Å². The van der Waals surface area contributed by atoms with Crippen molar-refractivity contribution in [2.45, 2.75) is 45.4 Å². The predicted octanol–water partition coefficient (Wildman–Crippen LogP) is 5.43. The van der Waals surface area contributed by atoms with Gasteiger partial charge in [0.25, 0.3) is 0 Å². The Labute approximate surface area is 103 Å². The standard InChI is InChI=1S/C13H18Cl2/c1-4-5-6-12(14)11-7-9(2)10(3)8-13(11)15/h7-8,12H,4-6H2,1-3H3. The molecule has 0 N–H and O–H groups in total. The third-order valence-electron chi connectivity index (χ3n) is 2.76. The highest BCUT2D eigenvalue weighted by molar-refractivity contribution is 6.32. The molecule has 1 rings (SSSR count). The minimum Gasteiger partial charge on any atom is -0.118 e. The van der Waals surface area contributed by atoms with Gasteiger partial charge in [-0.2, -0.15) is 0 Å². The number of alkyl halides is 1. The quantitative estimate of drug-likeness (QED) is 0.620. The molecule has 0 aromatic heterocycles. The summed E-state index contributed by atoms with van der Waals surface area (Å²) in [5.41, 5.74) is 3.56. The fourth-order valence-corrected chi connectivity index (χ4v) is 2.32. The Morgan fingerprint density at radius 2 is 1.80 bits per heavy atom. The molecule has 0 nitrogen and oxygen atoms in total. The topological polar surface area (TPSA) is 0 Å². The van der Waals surface area contributed by atoms with Gasteiger partial charge in [-0.1, -0.05) is 37.4 Å². The fraction of sp³-hybridized carbons (Fsp3) is 0.538. The van der Waals surface area contributed by atoms with Gasteiger partial charge in [0.1, 0.15) is 0 Å². The Balaban J connectivity index is 2.88. The highest BCUT2D eigenvalue weighted by atomic mass is 35.5. The zero-order valence-electron chi connectivity index (χ0n) is 9.61. The summed E-state index contributed by atoms with van der Waals surface area (Å²) in [6, 6.07) is 4.12. The van der Waals surface area contributed by atoms with Gasteiger partial charge in [0.2, 0.25) is 0 Å². The first kappa shape index (κ1) is 12.9. The van der Waals surface area contributed by atoms with Gasteiger partial charge in [0, 0.05) is 5.02 Å². The summed E-state index contributed by atoms with van der Waals surface area (Å²) in [6.07, 6.45) is 3.32. The minimum atomic E-state index is 0.0525. The van der Waals surface area contributed by atoms with Crippen LogP contribution in [-0.4, -0.2) is 0 Å². The van der Waals surface area contributed by atoms with Crippen LogP contribution in [0.15, 0.2) is 12.1 Å². The summed E-state index contributed by atoms with van der Waals surface area (Å²) in [5.74, 6) is 0. The van der Waals surface area contributed by atoms with E-state index < -0.39 is 0 Å². The van der Waals surface area contributed by atoms with E-state index in [-0.39, 0.29) is 5.38 Å². The summed E-state index contributed by atoms with van der Waals surface area (Å²) in [5, 5.41) is 0.853. The van der Waals surface area contributed by atoms with Crippen molar-refractivity contribution in [1.82, 2.24) is 0 Å². The third-order valence-corrected chi connectivity index (χ3v) is 3.54. The van der Waals surface area contributed by atoms with Crippen molar-refractivity contribution >= 4 is 23.2 Å². The largest absolute Gasteiger partial charge is 0.118 e. The van der Waals surface area contributed by atoms with Crippen molar-refractivity contribution in [2.24, 2.45) is 0 Å². The van der Waals surface area contributed by atoms with Crippen LogP contribution >= 0.6 is 23.2 Å². The molecule has 0 amide bonds. The van der Waals surface area contributed by atoms with E-state index in [1.807, 2.05) is 6.07 Å². The number of unbranched alkanes of at least 4 members (excludes halogenated alkanes) is 1. The van der Waals surface area contributed by atoms with Crippen molar-refractivity contribution in [2.75, 3.05) is 0 Å². The molecule has 15 heavy (non-hydrogen) atoms. The van der Waals surface area contributed by atoms with E-state index in [1.54, 1.807) is 0 Å². The summed E-state index contributed by atoms with van der Waals surface area (Å²) in [6.45, 7) is 6.34. The van der Waals surface area contributed by atoms with Crippen LogP contribution in [-0.2, 0) is 0 Å². The highest BCUT2D eigenvalue weighted by Crippen LogP contribution is 2.33. The molecule has 0 saturated heterocycles. The average Bonchev–Trinajstić information content (AvgIpc) is 2.20. The van der Waals surface area contributed by atoms with Crippen molar-refractivity contribution in [3.05, 3.63) is 33.8 Å². The Kier molecular flexibility index (Phi) is 4.95. The fourth-order valence-electron chi connectivity index (χ4n) is 1.58. The second-order valence-corrected chi connectivity index (χ2v) is 5.00. The lowest BCUT2D eigenvalue weighted by molar-refractivity contribution is 0.700.